The molecule has 0 fully saturated rings. The summed E-state index contributed by atoms with van der Waals surface area (Å²) in [6.45, 7) is 11.7. The minimum absolute atomic E-state index is 0.464. The van der Waals surface area contributed by atoms with E-state index in [0.717, 1.165) is 24.5 Å². The maximum Gasteiger partial charge on any atom is 0.0862 e. The molecule has 122 valence electrons. The van der Waals surface area contributed by atoms with Gasteiger partial charge in [0.05, 0.1) is 36.3 Å². The fourth-order valence-electron chi connectivity index (χ4n) is 2.44. The zero-order valence-corrected chi connectivity index (χ0v) is 14.0. The van der Waals surface area contributed by atoms with Crippen molar-refractivity contribution in [1.29, 1.82) is 0 Å². The van der Waals surface area contributed by atoms with Crippen LogP contribution in [0.15, 0.2) is 0 Å². The lowest BCUT2D eigenvalue weighted by Gasteiger charge is -2.26. The largest absolute Gasteiger partial charge is 0.396 e. The van der Waals surface area contributed by atoms with Gasteiger partial charge in [-0.1, -0.05) is 13.8 Å². The molecule has 1 unspecified atom stereocenters. The summed E-state index contributed by atoms with van der Waals surface area (Å²) in [7, 11) is 1.70. The number of hydrogen-bond donors (Lipinski definition) is 2. The number of methoxy groups -OCH3 is 1. The van der Waals surface area contributed by atoms with Crippen LogP contribution in [0.4, 0.5) is 5.69 Å². The number of nitrogens with zero attached hydrogens (tertiary/aromatic N) is 3. The summed E-state index contributed by atoms with van der Waals surface area (Å²) < 4.78 is 6.93. The van der Waals surface area contributed by atoms with Gasteiger partial charge >= 0.3 is 0 Å². The summed E-state index contributed by atoms with van der Waals surface area (Å²) in [5.74, 6) is 0.554. The Morgan fingerprint density at radius 3 is 2.48 bits per heavy atom. The predicted octanol–water partition coefficient (Wildman–Crippen LogP) is 1.05. The molecule has 1 atom stereocenters. The molecule has 1 heterocycles. The normalized spacial score (nSPS) is 13.3. The second kappa shape index (κ2) is 8.36. The molecule has 6 nitrogen and oxygen atoms in total. The van der Waals surface area contributed by atoms with Gasteiger partial charge < -0.3 is 15.6 Å². The second-order valence-electron chi connectivity index (χ2n) is 6.07. The molecule has 0 saturated heterocycles. The van der Waals surface area contributed by atoms with Crippen molar-refractivity contribution in [2.45, 2.75) is 40.3 Å². The van der Waals surface area contributed by atoms with Gasteiger partial charge in [-0.25, -0.2) is 0 Å². The van der Waals surface area contributed by atoms with E-state index in [0.29, 0.717) is 31.3 Å². The number of hydrogen-bond acceptors (Lipinski definition) is 5. The number of rotatable bonds is 9. The van der Waals surface area contributed by atoms with Crippen LogP contribution in [0.1, 0.15) is 25.2 Å². The number of aliphatic hydroxyl groups excluding tert-OH is 1. The van der Waals surface area contributed by atoms with Crippen LogP contribution in [-0.2, 0) is 11.3 Å². The Bertz CT molecular complexity index is 432. The molecule has 3 N–H and O–H groups in total. The summed E-state index contributed by atoms with van der Waals surface area (Å²) in [5, 5.41) is 14.7. The molecule has 0 radical (unpaired) electrons. The third kappa shape index (κ3) is 5.65. The van der Waals surface area contributed by atoms with Crippen LogP contribution in [0, 0.1) is 19.8 Å². The fraction of sp³-hybridized carbons (Fsp3) is 0.800. The molecular formula is C15H30N4O2. The monoisotopic (exact) mass is 298 g/mol. The number of aliphatic hydroxyl groups is 1. The van der Waals surface area contributed by atoms with E-state index in [4.69, 9.17) is 10.5 Å². The van der Waals surface area contributed by atoms with E-state index >= 15 is 0 Å². The molecular weight excluding hydrogens is 268 g/mol. The predicted molar refractivity (Wildman–Crippen MR) is 85.3 cm³/mol. The van der Waals surface area contributed by atoms with Crippen molar-refractivity contribution in [2.24, 2.45) is 5.92 Å². The van der Waals surface area contributed by atoms with Crippen LogP contribution >= 0.6 is 0 Å². The minimum Gasteiger partial charge on any atom is -0.396 e. The second-order valence-corrected chi connectivity index (χ2v) is 6.07. The van der Waals surface area contributed by atoms with E-state index in [1.807, 2.05) is 13.8 Å². The smallest absolute Gasteiger partial charge is 0.0862 e. The Balaban J connectivity index is 2.59. The van der Waals surface area contributed by atoms with Crippen molar-refractivity contribution in [1.82, 2.24) is 14.7 Å². The highest BCUT2D eigenvalue weighted by Crippen LogP contribution is 2.15. The lowest BCUT2D eigenvalue weighted by Crippen LogP contribution is -2.39. The minimum atomic E-state index is -0.474. The third-order valence-corrected chi connectivity index (χ3v) is 3.53. The molecule has 1 aromatic heterocycles. The van der Waals surface area contributed by atoms with Crippen LogP contribution < -0.4 is 5.73 Å². The fourth-order valence-corrected chi connectivity index (χ4v) is 2.44. The lowest BCUT2D eigenvalue weighted by molar-refractivity contribution is 0.0710. The number of nitrogens with two attached hydrogens (primary N) is 1. The van der Waals surface area contributed by atoms with Gasteiger partial charge in [0.1, 0.15) is 0 Å². The first-order valence-electron chi connectivity index (χ1n) is 7.54. The Morgan fingerprint density at radius 1 is 1.33 bits per heavy atom. The average molecular weight is 298 g/mol. The first-order chi connectivity index (χ1) is 9.85. The molecule has 0 aliphatic carbocycles. The Morgan fingerprint density at radius 2 is 2.00 bits per heavy atom. The van der Waals surface area contributed by atoms with Crippen LogP contribution in [0.2, 0.25) is 0 Å². The van der Waals surface area contributed by atoms with Gasteiger partial charge in [0, 0.05) is 26.7 Å². The van der Waals surface area contributed by atoms with Gasteiger partial charge in [-0.2, -0.15) is 5.10 Å². The van der Waals surface area contributed by atoms with Crippen molar-refractivity contribution in [3.05, 3.63) is 11.4 Å². The summed E-state index contributed by atoms with van der Waals surface area (Å²) in [6.07, 6.45) is -0.474. The highest BCUT2D eigenvalue weighted by atomic mass is 16.5. The van der Waals surface area contributed by atoms with E-state index in [1.165, 1.54) is 0 Å². The van der Waals surface area contributed by atoms with Gasteiger partial charge in [0.15, 0.2) is 0 Å². The molecule has 0 aliphatic heterocycles. The van der Waals surface area contributed by atoms with Gasteiger partial charge in [0.25, 0.3) is 0 Å². The van der Waals surface area contributed by atoms with Crippen molar-refractivity contribution >= 4 is 5.69 Å². The van der Waals surface area contributed by atoms with E-state index in [1.54, 1.807) is 11.8 Å². The standard InChI is InChI=1S/C15H30N4O2/c1-11(2)8-18(6-7-21-5)9-14(20)10-19-13(4)15(16)12(3)17-19/h11,14,20H,6-10,16H2,1-5H3. The Hall–Kier alpha value is -1.11. The molecule has 0 saturated carbocycles. The molecule has 0 amide bonds. The van der Waals surface area contributed by atoms with Crippen LogP contribution in [0.3, 0.4) is 0 Å². The van der Waals surface area contributed by atoms with E-state index in [-0.39, 0.29) is 0 Å². The van der Waals surface area contributed by atoms with E-state index in [2.05, 4.69) is 23.8 Å². The molecule has 1 aromatic rings. The summed E-state index contributed by atoms with van der Waals surface area (Å²) in [4.78, 5) is 2.23. The van der Waals surface area contributed by atoms with Gasteiger partial charge in [0.2, 0.25) is 0 Å². The molecule has 0 spiro atoms. The lowest BCUT2D eigenvalue weighted by atomic mass is 10.2. The summed E-state index contributed by atoms with van der Waals surface area (Å²) >= 11 is 0. The maximum atomic E-state index is 10.3. The molecule has 1 rings (SSSR count). The van der Waals surface area contributed by atoms with E-state index < -0.39 is 6.10 Å². The summed E-state index contributed by atoms with van der Waals surface area (Å²) in [5.41, 5.74) is 8.36. The van der Waals surface area contributed by atoms with Gasteiger partial charge in [-0.05, 0) is 19.8 Å². The van der Waals surface area contributed by atoms with Gasteiger partial charge in [-0.3, -0.25) is 9.58 Å². The highest BCUT2D eigenvalue weighted by Gasteiger charge is 2.16. The van der Waals surface area contributed by atoms with Crippen molar-refractivity contribution in [3.8, 4) is 0 Å². The molecule has 21 heavy (non-hydrogen) atoms. The van der Waals surface area contributed by atoms with Crippen molar-refractivity contribution in [3.63, 3.8) is 0 Å². The van der Waals surface area contributed by atoms with Crippen molar-refractivity contribution in [2.75, 3.05) is 39.1 Å². The number of aromatic nitrogens is 2. The third-order valence-electron chi connectivity index (χ3n) is 3.53. The molecule has 0 bridgehead atoms. The van der Waals surface area contributed by atoms with Crippen LogP contribution in [0.5, 0.6) is 0 Å². The number of aryl methyl sites for hydroxylation is 1. The zero-order chi connectivity index (χ0) is 16.0. The Kier molecular flexibility index (Phi) is 7.14. The number of anilines is 1. The summed E-state index contributed by atoms with van der Waals surface area (Å²) in [6, 6.07) is 0. The van der Waals surface area contributed by atoms with Crippen LogP contribution in [-0.4, -0.2) is 59.2 Å². The highest BCUT2D eigenvalue weighted by molar-refractivity contribution is 5.46. The molecule has 0 aromatic carbocycles. The first-order valence-corrected chi connectivity index (χ1v) is 7.54. The number of nitrogen functional groups attached to an aromatic ring is 1. The molecule has 6 heteroatoms. The topological polar surface area (TPSA) is 76.5 Å². The average Bonchev–Trinajstić information content (AvgIpc) is 2.63. The Labute approximate surface area is 127 Å². The first kappa shape index (κ1) is 17.9. The van der Waals surface area contributed by atoms with E-state index in [9.17, 15) is 5.11 Å². The molecule has 0 aliphatic rings. The SMILES string of the molecule is COCCN(CC(C)C)CC(O)Cn1nc(C)c(N)c1C. The maximum absolute atomic E-state index is 10.3. The van der Waals surface area contributed by atoms with Crippen molar-refractivity contribution < 1.29 is 9.84 Å². The quantitative estimate of drug-likeness (QED) is 0.712. The van der Waals surface area contributed by atoms with Crippen LogP contribution in [0.25, 0.3) is 0 Å². The number of ether oxygens (including phenoxy) is 1. The zero-order valence-electron chi connectivity index (χ0n) is 14.0. The van der Waals surface area contributed by atoms with Gasteiger partial charge in [-0.15, -0.1) is 0 Å².